The third-order valence-electron chi connectivity index (χ3n) is 3.25. The Kier molecular flexibility index (Phi) is 5.74. The van der Waals surface area contributed by atoms with Gasteiger partial charge in [-0.2, -0.15) is 0 Å². The molecule has 1 aromatic carbocycles. The zero-order valence-electron chi connectivity index (χ0n) is 12.6. The van der Waals surface area contributed by atoms with Crippen molar-refractivity contribution in [3.8, 4) is 5.75 Å². The molecule has 0 saturated heterocycles. The summed E-state index contributed by atoms with van der Waals surface area (Å²) in [7, 11) is -2.46. The number of nitrogens with one attached hydrogen (secondary N) is 1. The molecule has 1 aromatic rings. The first-order chi connectivity index (χ1) is 9.72. The van der Waals surface area contributed by atoms with Crippen LogP contribution in [0.2, 0.25) is 0 Å². The van der Waals surface area contributed by atoms with Gasteiger partial charge in [-0.25, -0.2) is 17.9 Å². The number of hydrogen-bond acceptors (Lipinski definition) is 4. The van der Waals surface area contributed by atoms with Crippen LogP contribution in [0.1, 0.15) is 37.6 Å². The van der Waals surface area contributed by atoms with Gasteiger partial charge >= 0.3 is 5.97 Å². The molecule has 1 unspecified atom stereocenters. The molecule has 0 saturated carbocycles. The summed E-state index contributed by atoms with van der Waals surface area (Å²) in [6.07, 6.45) is 0.659. The second-order valence-corrected chi connectivity index (χ2v) is 6.73. The second kappa shape index (κ2) is 6.91. The van der Waals surface area contributed by atoms with Crippen LogP contribution in [0, 0.1) is 5.92 Å². The van der Waals surface area contributed by atoms with E-state index in [9.17, 15) is 13.2 Å². The van der Waals surface area contributed by atoms with Crippen molar-refractivity contribution < 1.29 is 23.1 Å². The summed E-state index contributed by atoms with van der Waals surface area (Å²) in [6.45, 7) is 5.76. The van der Waals surface area contributed by atoms with Gasteiger partial charge in [0.25, 0.3) is 0 Å². The fraction of sp³-hybridized carbons (Fsp3) is 0.500. The topological polar surface area (TPSA) is 92.7 Å². The molecule has 6 nitrogen and oxygen atoms in total. The summed E-state index contributed by atoms with van der Waals surface area (Å²) in [4.78, 5) is 10.9. The van der Waals surface area contributed by atoms with Crippen molar-refractivity contribution in [1.82, 2.24) is 4.72 Å². The molecule has 2 N–H and O–H groups in total. The van der Waals surface area contributed by atoms with Crippen molar-refractivity contribution in [3.05, 3.63) is 23.8 Å². The molecule has 21 heavy (non-hydrogen) atoms. The number of carboxylic acids is 1. The lowest BCUT2D eigenvalue weighted by Crippen LogP contribution is -2.38. The summed E-state index contributed by atoms with van der Waals surface area (Å²) < 4.78 is 32.5. The van der Waals surface area contributed by atoms with Gasteiger partial charge in [0.2, 0.25) is 10.0 Å². The molecule has 0 spiro atoms. The monoisotopic (exact) mass is 315 g/mol. The van der Waals surface area contributed by atoms with Crippen LogP contribution < -0.4 is 9.46 Å². The highest BCUT2D eigenvalue weighted by molar-refractivity contribution is 7.89. The largest absolute Gasteiger partial charge is 0.495 e. The number of rotatable bonds is 7. The lowest BCUT2D eigenvalue weighted by atomic mass is 10.0. The Hall–Kier alpha value is -1.60. The lowest BCUT2D eigenvalue weighted by Gasteiger charge is -2.21. The molecule has 0 aromatic heterocycles. The SMILES string of the molecule is CCC(NS(=O)(=O)c1ccc(C(=O)O)cc1OC)C(C)C. The molecule has 0 aliphatic rings. The number of aromatic carboxylic acids is 1. The fourth-order valence-corrected chi connectivity index (χ4v) is 3.59. The number of hydrogen-bond donors (Lipinski definition) is 2. The Labute approximate surface area is 125 Å². The maximum absolute atomic E-state index is 12.4. The van der Waals surface area contributed by atoms with E-state index in [0.29, 0.717) is 6.42 Å². The van der Waals surface area contributed by atoms with Crippen LogP contribution >= 0.6 is 0 Å². The quantitative estimate of drug-likeness (QED) is 0.804. The van der Waals surface area contributed by atoms with Crippen molar-refractivity contribution in [2.75, 3.05) is 7.11 Å². The third kappa shape index (κ3) is 4.18. The van der Waals surface area contributed by atoms with E-state index in [1.54, 1.807) is 0 Å². The average molecular weight is 315 g/mol. The molecule has 1 atom stereocenters. The van der Waals surface area contributed by atoms with E-state index < -0.39 is 16.0 Å². The standard InChI is InChI=1S/C14H21NO5S/c1-5-11(9(2)3)15-21(18,19)13-7-6-10(14(16)17)8-12(13)20-4/h6-9,11,15H,5H2,1-4H3,(H,16,17). The molecule has 7 heteroatoms. The number of methoxy groups -OCH3 is 1. The number of benzene rings is 1. The maximum atomic E-state index is 12.4. The van der Waals surface area contributed by atoms with Gasteiger partial charge in [-0.1, -0.05) is 20.8 Å². The second-order valence-electron chi connectivity index (χ2n) is 5.05. The molecule has 0 amide bonds. The third-order valence-corrected chi connectivity index (χ3v) is 4.78. The number of ether oxygens (including phenoxy) is 1. The minimum Gasteiger partial charge on any atom is -0.495 e. The Morgan fingerprint density at radius 2 is 2.00 bits per heavy atom. The van der Waals surface area contributed by atoms with E-state index in [0.717, 1.165) is 0 Å². The van der Waals surface area contributed by atoms with Crippen molar-refractivity contribution >= 4 is 16.0 Å². The predicted octanol–water partition coefficient (Wildman–Crippen LogP) is 2.11. The van der Waals surface area contributed by atoms with E-state index in [2.05, 4.69) is 4.72 Å². The molecule has 0 aliphatic heterocycles. The molecule has 0 aliphatic carbocycles. The summed E-state index contributed by atoms with van der Waals surface area (Å²) in [5.74, 6) is -0.978. The zero-order chi connectivity index (χ0) is 16.2. The molecule has 0 fully saturated rings. The van der Waals surface area contributed by atoms with E-state index in [4.69, 9.17) is 9.84 Å². The Morgan fingerprint density at radius 3 is 2.43 bits per heavy atom. The highest BCUT2D eigenvalue weighted by atomic mass is 32.2. The normalized spacial score (nSPS) is 13.2. The van der Waals surface area contributed by atoms with Gasteiger partial charge in [0.1, 0.15) is 10.6 Å². The van der Waals surface area contributed by atoms with Gasteiger partial charge in [-0.3, -0.25) is 0 Å². The average Bonchev–Trinajstić information content (AvgIpc) is 2.43. The molecule has 118 valence electrons. The van der Waals surface area contributed by atoms with Gasteiger partial charge in [-0.15, -0.1) is 0 Å². The minimum atomic E-state index is -3.77. The first-order valence-electron chi connectivity index (χ1n) is 6.66. The summed E-state index contributed by atoms with van der Waals surface area (Å²) in [5.41, 5.74) is -0.0262. The van der Waals surface area contributed by atoms with Crippen LogP contribution in [0.3, 0.4) is 0 Å². The smallest absolute Gasteiger partial charge is 0.335 e. The molecular formula is C14H21NO5S. The molecule has 0 radical (unpaired) electrons. The first-order valence-corrected chi connectivity index (χ1v) is 8.14. The molecular weight excluding hydrogens is 294 g/mol. The maximum Gasteiger partial charge on any atom is 0.335 e. The summed E-state index contributed by atoms with van der Waals surface area (Å²) in [6, 6.07) is 3.50. The lowest BCUT2D eigenvalue weighted by molar-refractivity contribution is 0.0696. The highest BCUT2D eigenvalue weighted by Gasteiger charge is 2.25. The zero-order valence-corrected chi connectivity index (χ0v) is 13.4. The number of sulfonamides is 1. The van der Waals surface area contributed by atoms with Crippen molar-refractivity contribution in [3.63, 3.8) is 0 Å². The van der Waals surface area contributed by atoms with Crippen LogP contribution in [-0.2, 0) is 10.0 Å². The van der Waals surface area contributed by atoms with E-state index >= 15 is 0 Å². The molecule has 1 rings (SSSR count). The van der Waals surface area contributed by atoms with Gasteiger partial charge < -0.3 is 9.84 Å². The first kappa shape index (κ1) is 17.5. The van der Waals surface area contributed by atoms with Gasteiger partial charge in [0.15, 0.2) is 0 Å². The molecule has 0 heterocycles. The Balaban J connectivity index is 3.22. The van der Waals surface area contributed by atoms with E-state index in [1.807, 2.05) is 20.8 Å². The van der Waals surface area contributed by atoms with Crippen LogP contribution in [0.25, 0.3) is 0 Å². The predicted molar refractivity (Wildman–Crippen MR) is 79.2 cm³/mol. The number of carbonyl (C=O) groups is 1. The van der Waals surface area contributed by atoms with Crippen LogP contribution in [0.15, 0.2) is 23.1 Å². The van der Waals surface area contributed by atoms with Crippen LogP contribution in [0.4, 0.5) is 0 Å². The van der Waals surface area contributed by atoms with Crippen molar-refractivity contribution in [2.45, 2.75) is 38.1 Å². The van der Waals surface area contributed by atoms with Gasteiger partial charge in [0, 0.05) is 6.04 Å². The summed E-state index contributed by atoms with van der Waals surface area (Å²) >= 11 is 0. The van der Waals surface area contributed by atoms with Crippen molar-refractivity contribution in [2.24, 2.45) is 5.92 Å². The van der Waals surface area contributed by atoms with Crippen molar-refractivity contribution in [1.29, 1.82) is 0 Å². The molecule has 0 bridgehead atoms. The van der Waals surface area contributed by atoms with Crippen LogP contribution in [-0.4, -0.2) is 32.6 Å². The van der Waals surface area contributed by atoms with E-state index in [-0.39, 0.29) is 28.2 Å². The Bertz CT molecular complexity index is 610. The Morgan fingerprint density at radius 1 is 1.38 bits per heavy atom. The summed E-state index contributed by atoms with van der Waals surface area (Å²) in [5, 5.41) is 8.93. The highest BCUT2D eigenvalue weighted by Crippen LogP contribution is 2.26. The minimum absolute atomic E-state index is 0.0148. The van der Waals surface area contributed by atoms with Gasteiger partial charge in [-0.05, 0) is 30.5 Å². The number of carboxylic acid groups (broad SMARTS) is 1. The fourth-order valence-electron chi connectivity index (χ4n) is 1.98. The van der Waals surface area contributed by atoms with Gasteiger partial charge in [0.05, 0.1) is 12.7 Å². The van der Waals surface area contributed by atoms with E-state index in [1.165, 1.54) is 25.3 Å². The van der Waals surface area contributed by atoms with Crippen LogP contribution in [0.5, 0.6) is 5.75 Å².